The number of hydrogen-bond acceptors (Lipinski definition) is 3. The summed E-state index contributed by atoms with van der Waals surface area (Å²) in [5.41, 5.74) is 0. The fourth-order valence-electron chi connectivity index (χ4n) is 1.42. The topological polar surface area (TPSA) is 21.7 Å². The lowest BCUT2D eigenvalue weighted by molar-refractivity contribution is -0.165. The molecule has 1 aliphatic heterocycles. The van der Waals surface area contributed by atoms with Gasteiger partial charge in [0.2, 0.25) is 0 Å². The molecule has 72 valence electrons. The Morgan fingerprint density at radius 1 is 1.25 bits per heavy atom. The Morgan fingerprint density at radius 2 is 1.83 bits per heavy atom. The Kier molecular flexibility index (Phi) is 3.50. The molecule has 3 nitrogen and oxygen atoms in total. The zero-order valence-electron chi connectivity index (χ0n) is 8.30. The van der Waals surface area contributed by atoms with Gasteiger partial charge in [-0.15, -0.1) is 0 Å². The minimum atomic E-state index is -0.274. The van der Waals surface area contributed by atoms with Gasteiger partial charge in [-0.25, -0.2) is 0 Å². The van der Waals surface area contributed by atoms with Crippen LogP contribution in [0.2, 0.25) is 0 Å². The van der Waals surface area contributed by atoms with E-state index in [9.17, 15) is 0 Å². The third kappa shape index (κ3) is 2.44. The summed E-state index contributed by atoms with van der Waals surface area (Å²) >= 11 is 0. The summed E-state index contributed by atoms with van der Waals surface area (Å²) in [7, 11) is 4.14. The molecule has 0 aromatic rings. The van der Waals surface area contributed by atoms with E-state index in [0.29, 0.717) is 0 Å². The molecule has 0 bridgehead atoms. The first-order valence-corrected chi connectivity index (χ1v) is 4.61. The first-order valence-electron chi connectivity index (χ1n) is 4.61. The molecule has 0 spiro atoms. The van der Waals surface area contributed by atoms with Crippen LogP contribution in [0.3, 0.4) is 0 Å². The molecular formula is C9H19NO2. The Balaban J connectivity index is 2.34. The van der Waals surface area contributed by atoms with E-state index in [1.54, 1.807) is 0 Å². The molecule has 12 heavy (non-hydrogen) atoms. The predicted molar refractivity (Wildman–Crippen MR) is 48.1 cm³/mol. The summed E-state index contributed by atoms with van der Waals surface area (Å²) in [6.07, 6.45) is 1.91. The lowest BCUT2D eigenvalue weighted by Crippen LogP contribution is -2.33. The molecule has 0 unspecified atom stereocenters. The van der Waals surface area contributed by atoms with Crippen molar-refractivity contribution in [1.29, 1.82) is 0 Å². The van der Waals surface area contributed by atoms with Crippen LogP contribution in [-0.4, -0.2) is 44.5 Å². The maximum absolute atomic E-state index is 5.59. The molecule has 0 radical (unpaired) electrons. The van der Waals surface area contributed by atoms with Crippen molar-refractivity contribution in [2.45, 2.75) is 25.6 Å². The summed E-state index contributed by atoms with van der Waals surface area (Å²) in [5.74, 6) is -0.274. The van der Waals surface area contributed by atoms with Crippen LogP contribution in [-0.2, 0) is 9.47 Å². The molecular weight excluding hydrogens is 154 g/mol. The van der Waals surface area contributed by atoms with Gasteiger partial charge in [-0.3, -0.25) is 0 Å². The predicted octanol–water partition coefficient (Wildman–Crippen LogP) is 1.09. The van der Waals surface area contributed by atoms with Crippen LogP contribution in [0.25, 0.3) is 0 Å². The minimum absolute atomic E-state index is 0.274. The van der Waals surface area contributed by atoms with Crippen molar-refractivity contribution in [1.82, 2.24) is 4.90 Å². The van der Waals surface area contributed by atoms with Gasteiger partial charge in [-0.1, -0.05) is 6.92 Å². The summed E-state index contributed by atoms with van der Waals surface area (Å²) in [6, 6.07) is 0. The third-order valence-electron chi connectivity index (χ3n) is 2.29. The van der Waals surface area contributed by atoms with Gasteiger partial charge in [0.15, 0.2) is 5.79 Å². The van der Waals surface area contributed by atoms with Crippen LogP contribution in [0.1, 0.15) is 19.8 Å². The molecule has 3 heteroatoms. The molecule has 0 saturated carbocycles. The lowest BCUT2D eigenvalue weighted by Gasteiger charge is -2.27. The van der Waals surface area contributed by atoms with Gasteiger partial charge in [0.05, 0.1) is 13.2 Å². The van der Waals surface area contributed by atoms with E-state index in [4.69, 9.17) is 9.47 Å². The molecule has 0 aromatic heterocycles. The van der Waals surface area contributed by atoms with Gasteiger partial charge in [0, 0.05) is 13.0 Å². The van der Waals surface area contributed by atoms with E-state index in [1.165, 1.54) is 0 Å². The van der Waals surface area contributed by atoms with E-state index >= 15 is 0 Å². The summed E-state index contributed by atoms with van der Waals surface area (Å²) in [6.45, 7) is 4.64. The van der Waals surface area contributed by atoms with E-state index in [0.717, 1.165) is 32.6 Å². The minimum Gasteiger partial charge on any atom is -0.347 e. The number of rotatable bonds is 4. The van der Waals surface area contributed by atoms with Crippen molar-refractivity contribution in [3.8, 4) is 0 Å². The van der Waals surface area contributed by atoms with Gasteiger partial charge in [-0.05, 0) is 20.5 Å². The Hall–Kier alpha value is -0.120. The SMILES string of the molecule is CCC1(CCN(C)C)OCCO1. The highest BCUT2D eigenvalue weighted by molar-refractivity contribution is 4.73. The molecule has 1 saturated heterocycles. The normalized spacial score (nSPS) is 22.0. The van der Waals surface area contributed by atoms with Crippen molar-refractivity contribution in [3.05, 3.63) is 0 Å². The quantitative estimate of drug-likeness (QED) is 0.635. The maximum atomic E-state index is 5.59. The van der Waals surface area contributed by atoms with Crippen molar-refractivity contribution in [3.63, 3.8) is 0 Å². The zero-order valence-corrected chi connectivity index (χ0v) is 8.30. The molecule has 0 aliphatic carbocycles. The highest BCUT2D eigenvalue weighted by Gasteiger charge is 2.33. The van der Waals surface area contributed by atoms with Crippen molar-refractivity contribution >= 4 is 0 Å². The molecule has 1 heterocycles. The summed E-state index contributed by atoms with van der Waals surface area (Å²) in [5, 5.41) is 0. The highest BCUT2D eigenvalue weighted by atomic mass is 16.7. The average Bonchev–Trinajstić information content (AvgIpc) is 2.50. The van der Waals surface area contributed by atoms with E-state index in [-0.39, 0.29) is 5.79 Å². The second-order valence-electron chi connectivity index (χ2n) is 3.51. The summed E-state index contributed by atoms with van der Waals surface area (Å²) < 4.78 is 11.2. The van der Waals surface area contributed by atoms with Crippen molar-refractivity contribution in [2.75, 3.05) is 33.9 Å². The second-order valence-corrected chi connectivity index (χ2v) is 3.51. The lowest BCUT2D eigenvalue weighted by atomic mass is 10.1. The average molecular weight is 173 g/mol. The van der Waals surface area contributed by atoms with Gasteiger partial charge in [-0.2, -0.15) is 0 Å². The van der Waals surface area contributed by atoms with Crippen LogP contribution in [0, 0.1) is 0 Å². The van der Waals surface area contributed by atoms with Gasteiger partial charge >= 0.3 is 0 Å². The van der Waals surface area contributed by atoms with Gasteiger partial charge in [0.25, 0.3) is 0 Å². The van der Waals surface area contributed by atoms with E-state index in [2.05, 4.69) is 25.9 Å². The molecule has 0 amide bonds. The number of nitrogens with zero attached hydrogens (tertiary/aromatic N) is 1. The fraction of sp³-hybridized carbons (Fsp3) is 1.00. The zero-order chi connectivity index (χ0) is 9.03. The van der Waals surface area contributed by atoms with Crippen molar-refractivity contribution < 1.29 is 9.47 Å². The first kappa shape index (κ1) is 9.96. The van der Waals surface area contributed by atoms with Crippen molar-refractivity contribution in [2.24, 2.45) is 0 Å². The van der Waals surface area contributed by atoms with Gasteiger partial charge < -0.3 is 14.4 Å². The second kappa shape index (κ2) is 4.21. The maximum Gasteiger partial charge on any atom is 0.169 e. The van der Waals surface area contributed by atoms with Crippen LogP contribution in [0.4, 0.5) is 0 Å². The number of ether oxygens (including phenoxy) is 2. The molecule has 1 fully saturated rings. The van der Waals surface area contributed by atoms with Crippen LogP contribution < -0.4 is 0 Å². The molecule has 0 atom stereocenters. The largest absolute Gasteiger partial charge is 0.347 e. The molecule has 1 rings (SSSR count). The molecule has 0 aromatic carbocycles. The Bertz CT molecular complexity index is 130. The molecule has 0 N–H and O–H groups in total. The van der Waals surface area contributed by atoms with Crippen LogP contribution in [0.15, 0.2) is 0 Å². The van der Waals surface area contributed by atoms with Gasteiger partial charge in [0.1, 0.15) is 0 Å². The van der Waals surface area contributed by atoms with Crippen LogP contribution in [0.5, 0.6) is 0 Å². The smallest absolute Gasteiger partial charge is 0.169 e. The van der Waals surface area contributed by atoms with E-state index < -0.39 is 0 Å². The fourth-order valence-corrected chi connectivity index (χ4v) is 1.42. The first-order chi connectivity index (χ1) is 5.68. The Morgan fingerprint density at radius 3 is 2.25 bits per heavy atom. The third-order valence-corrected chi connectivity index (χ3v) is 2.29. The highest BCUT2D eigenvalue weighted by Crippen LogP contribution is 2.26. The standard InChI is InChI=1S/C9H19NO2/c1-4-9(5-6-10(2)3)11-7-8-12-9/h4-8H2,1-3H3. The van der Waals surface area contributed by atoms with E-state index in [1.807, 2.05) is 0 Å². The summed E-state index contributed by atoms with van der Waals surface area (Å²) in [4.78, 5) is 2.16. The monoisotopic (exact) mass is 173 g/mol. The Labute approximate surface area is 74.6 Å². The number of hydrogen-bond donors (Lipinski definition) is 0. The molecule has 1 aliphatic rings. The van der Waals surface area contributed by atoms with Crippen LogP contribution >= 0.6 is 0 Å².